The first-order valence-electron chi connectivity index (χ1n) is 11.2. The summed E-state index contributed by atoms with van der Waals surface area (Å²) in [5, 5.41) is 7.62. The van der Waals surface area contributed by atoms with E-state index in [1.807, 2.05) is 6.20 Å². The SMILES string of the molecule is CN=C(NCCc1c[nH]c2ccc(F)cc12)NCc1cccc(COC2CCOCC2)c1. The van der Waals surface area contributed by atoms with Crippen LogP contribution >= 0.6 is 0 Å². The number of fused-ring (bicyclic) bond motifs is 1. The van der Waals surface area contributed by atoms with Gasteiger partial charge in [0.05, 0.1) is 12.7 Å². The fourth-order valence-corrected chi connectivity index (χ4v) is 3.97. The van der Waals surface area contributed by atoms with Gasteiger partial charge in [-0.1, -0.05) is 24.3 Å². The van der Waals surface area contributed by atoms with Gasteiger partial charge in [0.1, 0.15) is 5.82 Å². The summed E-state index contributed by atoms with van der Waals surface area (Å²) < 4.78 is 25.0. The Morgan fingerprint density at radius 1 is 1.16 bits per heavy atom. The third-order valence-electron chi connectivity index (χ3n) is 5.75. The molecule has 3 N–H and O–H groups in total. The van der Waals surface area contributed by atoms with Gasteiger partial charge in [0.15, 0.2) is 5.96 Å². The molecule has 1 saturated heterocycles. The predicted octanol–water partition coefficient (Wildman–Crippen LogP) is 3.91. The number of ether oxygens (including phenoxy) is 2. The topological polar surface area (TPSA) is 70.7 Å². The van der Waals surface area contributed by atoms with Gasteiger partial charge in [-0.05, 0) is 54.2 Å². The van der Waals surface area contributed by atoms with Gasteiger partial charge in [-0.2, -0.15) is 0 Å². The van der Waals surface area contributed by atoms with Crippen LogP contribution in [0.2, 0.25) is 0 Å². The van der Waals surface area contributed by atoms with Crippen molar-refractivity contribution in [1.82, 2.24) is 15.6 Å². The van der Waals surface area contributed by atoms with Crippen molar-refractivity contribution in [1.29, 1.82) is 0 Å². The second-order valence-electron chi connectivity index (χ2n) is 8.05. The number of benzene rings is 2. The Hall–Kier alpha value is -2.90. The third-order valence-corrected chi connectivity index (χ3v) is 5.75. The minimum absolute atomic E-state index is 0.218. The second kappa shape index (κ2) is 11.1. The Kier molecular flexibility index (Phi) is 7.74. The van der Waals surface area contributed by atoms with E-state index < -0.39 is 0 Å². The number of aliphatic imine (C=N–C) groups is 1. The normalized spacial score (nSPS) is 15.2. The van der Waals surface area contributed by atoms with E-state index in [9.17, 15) is 4.39 Å². The fourth-order valence-electron chi connectivity index (χ4n) is 3.97. The highest BCUT2D eigenvalue weighted by Crippen LogP contribution is 2.19. The maximum Gasteiger partial charge on any atom is 0.191 e. The summed E-state index contributed by atoms with van der Waals surface area (Å²) >= 11 is 0. The van der Waals surface area contributed by atoms with Crippen LogP contribution < -0.4 is 10.6 Å². The van der Waals surface area contributed by atoms with Crippen LogP contribution in [-0.2, 0) is 29.0 Å². The zero-order valence-corrected chi connectivity index (χ0v) is 18.5. The van der Waals surface area contributed by atoms with Gasteiger partial charge in [0.25, 0.3) is 0 Å². The van der Waals surface area contributed by atoms with Gasteiger partial charge >= 0.3 is 0 Å². The van der Waals surface area contributed by atoms with Gasteiger partial charge in [-0.15, -0.1) is 0 Å². The first kappa shape index (κ1) is 22.3. The van der Waals surface area contributed by atoms with Crippen LogP contribution in [0.1, 0.15) is 29.5 Å². The predicted molar refractivity (Wildman–Crippen MR) is 125 cm³/mol. The number of rotatable bonds is 8. The van der Waals surface area contributed by atoms with Crippen molar-refractivity contribution in [2.75, 3.05) is 26.8 Å². The van der Waals surface area contributed by atoms with E-state index in [-0.39, 0.29) is 5.82 Å². The molecule has 2 aromatic carbocycles. The third kappa shape index (κ3) is 6.08. The Balaban J connectivity index is 1.24. The molecule has 7 heteroatoms. The summed E-state index contributed by atoms with van der Waals surface area (Å²) in [6.45, 7) is 3.57. The van der Waals surface area contributed by atoms with Crippen LogP contribution in [0.3, 0.4) is 0 Å². The number of hydrogen-bond donors (Lipinski definition) is 3. The highest BCUT2D eigenvalue weighted by atomic mass is 19.1. The number of hydrogen-bond acceptors (Lipinski definition) is 3. The molecule has 6 nitrogen and oxygen atoms in total. The molecule has 1 aromatic heterocycles. The van der Waals surface area contributed by atoms with Gasteiger partial charge in [-0.3, -0.25) is 4.99 Å². The highest BCUT2D eigenvalue weighted by molar-refractivity contribution is 5.83. The number of guanidine groups is 1. The lowest BCUT2D eigenvalue weighted by Gasteiger charge is -2.22. The van der Waals surface area contributed by atoms with Crippen molar-refractivity contribution in [3.8, 4) is 0 Å². The lowest BCUT2D eigenvalue weighted by Crippen LogP contribution is -2.37. The van der Waals surface area contributed by atoms with Crippen molar-refractivity contribution in [2.24, 2.45) is 4.99 Å². The average molecular weight is 439 g/mol. The van der Waals surface area contributed by atoms with Crippen LogP contribution in [-0.4, -0.2) is 43.9 Å². The van der Waals surface area contributed by atoms with E-state index in [1.165, 1.54) is 17.2 Å². The molecular weight excluding hydrogens is 407 g/mol. The van der Waals surface area contributed by atoms with E-state index in [0.717, 1.165) is 54.9 Å². The summed E-state index contributed by atoms with van der Waals surface area (Å²) in [5.74, 6) is 0.518. The van der Waals surface area contributed by atoms with E-state index in [4.69, 9.17) is 9.47 Å². The molecule has 1 aliphatic heterocycles. The van der Waals surface area contributed by atoms with Crippen molar-refractivity contribution in [3.05, 3.63) is 71.2 Å². The van der Waals surface area contributed by atoms with Crippen molar-refractivity contribution >= 4 is 16.9 Å². The van der Waals surface area contributed by atoms with E-state index in [2.05, 4.69) is 44.9 Å². The van der Waals surface area contributed by atoms with Crippen LogP contribution in [0.5, 0.6) is 0 Å². The summed E-state index contributed by atoms with van der Waals surface area (Å²) in [6.07, 6.45) is 4.94. The number of halogens is 1. The van der Waals surface area contributed by atoms with Gasteiger partial charge in [0.2, 0.25) is 0 Å². The number of aromatic nitrogens is 1. The maximum atomic E-state index is 13.6. The minimum Gasteiger partial charge on any atom is -0.381 e. The minimum atomic E-state index is -0.218. The van der Waals surface area contributed by atoms with Crippen molar-refractivity contribution < 1.29 is 13.9 Å². The standard InChI is InChI=1S/C25H31FN4O2/c1-27-25(28-10-7-20-16-29-24-6-5-21(26)14-23(20)24)30-15-18-3-2-4-19(13-18)17-32-22-8-11-31-12-9-22/h2-6,13-14,16,22,29H,7-12,15,17H2,1H3,(H2,27,28,30). The lowest BCUT2D eigenvalue weighted by atomic mass is 10.1. The molecule has 0 amide bonds. The van der Waals surface area contributed by atoms with Crippen LogP contribution in [0.25, 0.3) is 10.9 Å². The van der Waals surface area contributed by atoms with Crippen molar-refractivity contribution in [2.45, 2.75) is 38.5 Å². The van der Waals surface area contributed by atoms with E-state index in [1.54, 1.807) is 19.2 Å². The Morgan fingerprint density at radius 3 is 2.84 bits per heavy atom. The summed E-state index contributed by atoms with van der Waals surface area (Å²) in [6, 6.07) is 13.2. The summed E-state index contributed by atoms with van der Waals surface area (Å²) in [5.41, 5.74) is 4.38. The van der Waals surface area contributed by atoms with Crippen LogP contribution in [0, 0.1) is 5.82 Å². The smallest absolute Gasteiger partial charge is 0.191 e. The van der Waals surface area contributed by atoms with E-state index in [0.29, 0.717) is 25.8 Å². The molecule has 0 bridgehead atoms. The molecule has 0 atom stereocenters. The highest BCUT2D eigenvalue weighted by Gasteiger charge is 2.14. The first-order valence-corrected chi connectivity index (χ1v) is 11.2. The molecule has 0 spiro atoms. The zero-order chi connectivity index (χ0) is 22.2. The molecule has 0 aliphatic carbocycles. The number of nitrogens with zero attached hydrogens (tertiary/aromatic N) is 1. The molecule has 1 fully saturated rings. The monoisotopic (exact) mass is 438 g/mol. The molecule has 170 valence electrons. The Labute approximate surface area is 188 Å². The quantitative estimate of drug-likeness (QED) is 0.368. The molecule has 4 rings (SSSR count). The molecule has 0 unspecified atom stereocenters. The average Bonchev–Trinajstić information content (AvgIpc) is 3.23. The van der Waals surface area contributed by atoms with E-state index >= 15 is 0 Å². The molecule has 1 aliphatic rings. The van der Waals surface area contributed by atoms with Crippen LogP contribution in [0.15, 0.2) is 53.7 Å². The molecular formula is C25H31FN4O2. The number of aromatic amines is 1. The Bertz CT molecular complexity index is 1040. The van der Waals surface area contributed by atoms with Gasteiger partial charge < -0.3 is 25.1 Å². The maximum absolute atomic E-state index is 13.6. The summed E-state index contributed by atoms with van der Waals surface area (Å²) in [7, 11) is 1.76. The number of H-pyrrole nitrogens is 1. The lowest BCUT2D eigenvalue weighted by molar-refractivity contribution is -0.0390. The number of nitrogens with one attached hydrogen (secondary N) is 3. The Morgan fingerprint density at radius 2 is 2.00 bits per heavy atom. The fraction of sp³-hybridized carbons (Fsp3) is 0.400. The van der Waals surface area contributed by atoms with Crippen molar-refractivity contribution in [3.63, 3.8) is 0 Å². The summed E-state index contributed by atoms with van der Waals surface area (Å²) in [4.78, 5) is 7.50. The van der Waals surface area contributed by atoms with Gasteiger partial charge in [-0.25, -0.2) is 4.39 Å². The van der Waals surface area contributed by atoms with Gasteiger partial charge in [0, 0.05) is 50.5 Å². The van der Waals surface area contributed by atoms with Crippen LogP contribution in [0.4, 0.5) is 4.39 Å². The second-order valence-corrected chi connectivity index (χ2v) is 8.05. The first-order chi connectivity index (χ1) is 15.7. The largest absolute Gasteiger partial charge is 0.381 e. The molecule has 0 saturated carbocycles. The zero-order valence-electron chi connectivity index (χ0n) is 18.5. The molecule has 32 heavy (non-hydrogen) atoms. The molecule has 2 heterocycles. The molecule has 0 radical (unpaired) electrons. The molecule has 3 aromatic rings.